The molecule has 1 saturated heterocycles. The Bertz CT molecular complexity index is 847. The lowest BCUT2D eigenvalue weighted by Crippen LogP contribution is -2.42. The van der Waals surface area contributed by atoms with E-state index < -0.39 is 17.9 Å². The minimum Gasteiger partial charge on any atom is -0.475 e. The number of aromatic carboxylic acids is 1. The van der Waals surface area contributed by atoms with Gasteiger partial charge in [-0.2, -0.15) is 0 Å². The molecular formula is C17H15ClN2O5. The maximum Gasteiger partial charge on any atom is 0.371 e. The van der Waals surface area contributed by atoms with Gasteiger partial charge in [-0.3, -0.25) is 9.59 Å². The summed E-state index contributed by atoms with van der Waals surface area (Å²) in [6.45, 7) is 0.434. The first-order chi connectivity index (χ1) is 11.9. The highest BCUT2D eigenvalue weighted by molar-refractivity contribution is 6.34. The quantitative estimate of drug-likeness (QED) is 0.902. The summed E-state index contributed by atoms with van der Waals surface area (Å²) in [5, 5.41) is 9.33. The topological polar surface area (TPSA) is 91.1 Å². The summed E-state index contributed by atoms with van der Waals surface area (Å²) >= 11 is 6.14. The summed E-state index contributed by atoms with van der Waals surface area (Å²) < 4.78 is 5.02. The van der Waals surface area contributed by atoms with Gasteiger partial charge < -0.3 is 19.3 Å². The fraction of sp³-hybridized carbons (Fsp3) is 0.235. The molecule has 1 aliphatic rings. The van der Waals surface area contributed by atoms with Gasteiger partial charge in [-0.05, 0) is 30.7 Å². The minimum atomic E-state index is -1.26. The molecule has 0 aliphatic carbocycles. The Morgan fingerprint density at radius 1 is 1.24 bits per heavy atom. The number of nitrogens with zero attached hydrogens (tertiary/aromatic N) is 2. The highest BCUT2D eigenvalue weighted by Crippen LogP contribution is 2.30. The molecule has 8 heteroatoms. The minimum absolute atomic E-state index is 0.121. The van der Waals surface area contributed by atoms with Crippen molar-refractivity contribution in [1.82, 2.24) is 4.90 Å². The molecular weight excluding hydrogens is 348 g/mol. The van der Waals surface area contributed by atoms with Crippen molar-refractivity contribution in [3.63, 3.8) is 0 Å². The molecule has 130 valence electrons. The first-order valence-electron chi connectivity index (χ1n) is 7.56. The van der Waals surface area contributed by atoms with Crippen molar-refractivity contribution in [2.24, 2.45) is 0 Å². The predicted molar refractivity (Wildman–Crippen MR) is 90.0 cm³/mol. The molecule has 1 aromatic carbocycles. The molecule has 0 spiro atoms. The highest BCUT2D eigenvalue weighted by atomic mass is 35.5. The molecule has 2 aromatic rings. The van der Waals surface area contributed by atoms with E-state index in [0.717, 1.165) is 0 Å². The van der Waals surface area contributed by atoms with Crippen molar-refractivity contribution < 1.29 is 23.9 Å². The molecule has 2 heterocycles. The zero-order valence-corrected chi connectivity index (χ0v) is 14.1. The van der Waals surface area contributed by atoms with Gasteiger partial charge in [-0.1, -0.05) is 23.7 Å². The Balaban J connectivity index is 1.78. The number of likely N-dealkylation sites (N-methyl/N-ethyl adjacent to an activating group) is 1. The Hall–Kier alpha value is -2.80. The van der Waals surface area contributed by atoms with Crippen LogP contribution in [0, 0.1) is 0 Å². The third-order valence-corrected chi connectivity index (χ3v) is 4.46. The highest BCUT2D eigenvalue weighted by Gasteiger charge is 2.38. The van der Waals surface area contributed by atoms with Crippen LogP contribution in [-0.2, 0) is 4.79 Å². The first kappa shape index (κ1) is 17.0. The summed E-state index contributed by atoms with van der Waals surface area (Å²) in [7, 11) is 1.49. The number of rotatable bonds is 4. The molecule has 1 aliphatic heterocycles. The summed E-state index contributed by atoms with van der Waals surface area (Å²) in [4.78, 5) is 38.8. The van der Waals surface area contributed by atoms with Crippen LogP contribution in [0.3, 0.4) is 0 Å². The molecule has 0 saturated carbocycles. The monoisotopic (exact) mass is 362 g/mol. The van der Waals surface area contributed by atoms with E-state index >= 15 is 0 Å². The van der Waals surface area contributed by atoms with Gasteiger partial charge in [0.15, 0.2) is 5.76 Å². The number of carbonyl (C=O) groups excluding carboxylic acids is 2. The van der Waals surface area contributed by atoms with Crippen molar-refractivity contribution in [1.29, 1.82) is 0 Å². The van der Waals surface area contributed by atoms with E-state index in [1.165, 1.54) is 24.1 Å². The molecule has 1 fully saturated rings. The van der Waals surface area contributed by atoms with Crippen LogP contribution in [0.2, 0.25) is 5.02 Å². The largest absolute Gasteiger partial charge is 0.475 e. The molecule has 1 atom stereocenters. The fourth-order valence-electron chi connectivity index (χ4n) is 2.82. The number of benzene rings is 1. The number of halogens is 1. The van der Waals surface area contributed by atoms with Crippen LogP contribution < -0.4 is 4.90 Å². The summed E-state index contributed by atoms with van der Waals surface area (Å²) in [5.74, 6) is -2.50. The van der Waals surface area contributed by atoms with Crippen molar-refractivity contribution in [2.45, 2.75) is 12.5 Å². The van der Waals surface area contributed by atoms with Crippen molar-refractivity contribution in [3.8, 4) is 0 Å². The normalized spacial score (nSPS) is 17.0. The number of para-hydroxylation sites is 1. The zero-order valence-electron chi connectivity index (χ0n) is 13.3. The van der Waals surface area contributed by atoms with Gasteiger partial charge in [0.2, 0.25) is 11.7 Å². The van der Waals surface area contributed by atoms with E-state index in [1.54, 1.807) is 29.2 Å². The molecule has 0 radical (unpaired) electrons. The number of amides is 2. The van der Waals surface area contributed by atoms with Crippen LogP contribution in [0.15, 0.2) is 40.8 Å². The van der Waals surface area contributed by atoms with Crippen LogP contribution in [0.25, 0.3) is 0 Å². The lowest BCUT2D eigenvalue weighted by Gasteiger charge is -2.23. The molecule has 3 rings (SSSR count). The SMILES string of the molecule is CN(C(=O)c1ccc(C(=O)O)o1)[C@H]1CCN(c2ccccc2Cl)C1=O. The van der Waals surface area contributed by atoms with Gasteiger partial charge in [-0.25, -0.2) is 4.79 Å². The van der Waals surface area contributed by atoms with E-state index in [1.807, 2.05) is 0 Å². The number of carboxylic acids is 1. The average molecular weight is 363 g/mol. The second kappa shape index (κ2) is 6.60. The predicted octanol–water partition coefficient (Wildman–Crippen LogP) is 2.51. The number of anilines is 1. The molecule has 7 nitrogen and oxygen atoms in total. The zero-order chi connectivity index (χ0) is 18.1. The van der Waals surface area contributed by atoms with Gasteiger partial charge >= 0.3 is 5.97 Å². The van der Waals surface area contributed by atoms with Crippen LogP contribution in [0.4, 0.5) is 5.69 Å². The number of hydrogen-bond donors (Lipinski definition) is 1. The third-order valence-electron chi connectivity index (χ3n) is 4.14. The fourth-order valence-corrected chi connectivity index (χ4v) is 3.05. The number of furan rings is 1. The number of carbonyl (C=O) groups is 3. The molecule has 2 amide bonds. The van der Waals surface area contributed by atoms with E-state index in [4.69, 9.17) is 21.1 Å². The Morgan fingerprint density at radius 2 is 1.92 bits per heavy atom. The van der Waals surface area contributed by atoms with Crippen molar-refractivity contribution in [3.05, 3.63) is 52.9 Å². The van der Waals surface area contributed by atoms with Gasteiger partial charge in [0.1, 0.15) is 6.04 Å². The summed E-state index contributed by atoms with van der Waals surface area (Å²) in [6, 6.07) is 8.83. The standard InChI is InChI=1S/C17H15ClN2O5/c1-19(16(22)13-6-7-14(25-13)17(23)24)12-8-9-20(15(12)21)11-5-3-2-4-10(11)18/h2-7,12H,8-9H2,1H3,(H,23,24)/t12-/m0/s1. The third kappa shape index (κ3) is 3.10. The molecule has 1 N–H and O–H groups in total. The average Bonchev–Trinajstić information content (AvgIpc) is 3.21. The maximum absolute atomic E-state index is 12.7. The van der Waals surface area contributed by atoms with E-state index in [2.05, 4.69) is 0 Å². The van der Waals surface area contributed by atoms with E-state index in [9.17, 15) is 14.4 Å². The molecule has 0 bridgehead atoms. The van der Waals surface area contributed by atoms with Crippen molar-refractivity contribution in [2.75, 3.05) is 18.5 Å². The molecule has 1 aromatic heterocycles. The van der Waals surface area contributed by atoms with Gasteiger partial charge in [0.25, 0.3) is 5.91 Å². The second-order valence-corrected chi connectivity index (χ2v) is 6.04. The van der Waals surface area contributed by atoms with Crippen LogP contribution in [0.1, 0.15) is 27.5 Å². The van der Waals surface area contributed by atoms with Crippen LogP contribution in [-0.4, -0.2) is 47.4 Å². The number of hydrogen-bond acceptors (Lipinski definition) is 4. The van der Waals surface area contributed by atoms with Gasteiger partial charge in [0, 0.05) is 13.6 Å². The Labute approximate surface area is 148 Å². The summed E-state index contributed by atoms with van der Waals surface area (Å²) in [5.41, 5.74) is 0.601. The Kier molecular flexibility index (Phi) is 4.50. The van der Waals surface area contributed by atoms with Crippen LogP contribution >= 0.6 is 11.6 Å². The summed E-state index contributed by atoms with van der Waals surface area (Å²) in [6.07, 6.45) is 0.443. The molecule has 0 unspecified atom stereocenters. The lowest BCUT2D eigenvalue weighted by molar-refractivity contribution is -0.120. The second-order valence-electron chi connectivity index (χ2n) is 5.63. The smallest absolute Gasteiger partial charge is 0.371 e. The maximum atomic E-state index is 12.7. The van der Waals surface area contributed by atoms with Gasteiger partial charge in [-0.15, -0.1) is 0 Å². The van der Waals surface area contributed by atoms with E-state index in [-0.39, 0.29) is 17.4 Å². The van der Waals surface area contributed by atoms with Crippen LogP contribution in [0.5, 0.6) is 0 Å². The van der Waals surface area contributed by atoms with Crippen molar-refractivity contribution >= 4 is 35.1 Å². The Morgan fingerprint density at radius 3 is 2.56 bits per heavy atom. The lowest BCUT2D eigenvalue weighted by atomic mass is 10.2. The molecule has 25 heavy (non-hydrogen) atoms. The number of carboxylic acid groups (broad SMARTS) is 1. The van der Waals surface area contributed by atoms with E-state index in [0.29, 0.717) is 23.7 Å². The first-order valence-corrected chi connectivity index (χ1v) is 7.94. The van der Waals surface area contributed by atoms with Gasteiger partial charge in [0.05, 0.1) is 10.7 Å².